The number of aliphatic hydroxyl groups is 1. The van der Waals surface area contributed by atoms with Crippen molar-refractivity contribution in [2.75, 3.05) is 47.1 Å². The van der Waals surface area contributed by atoms with Gasteiger partial charge in [0.1, 0.15) is 10.7 Å². The van der Waals surface area contributed by atoms with Crippen molar-refractivity contribution in [2.24, 2.45) is 0 Å². The molecule has 1 aromatic carbocycles. The van der Waals surface area contributed by atoms with Crippen molar-refractivity contribution in [1.82, 2.24) is 9.97 Å². The first-order valence-electron chi connectivity index (χ1n) is 11.0. The predicted octanol–water partition coefficient (Wildman–Crippen LogP) is 2.84. The molecule has 7 nitrogen and oxygen atoms in total. The normalized spacial score (nSPS) is 23.6. The molecule has 1 saturated carbocycles. The van der Waals surface area contributed by atoms with Crippen LogP contribution in [-0.2, 0) is 17.2 Å². The highest BCUT2D eigenvalue weighted by Crippen LogP contribution is 2.41. The monoisotopic (exact) mass is 461 g/mol. The largest absolute Gasteiger partial charge is 0.394 e. The molecule has 5 rings (SSSR count). The first-order valence-corrected chi connectivity index (χ1v) is 12.7. The summed E-state index contributed by atoms with van der Waals surface area (Å²) in [4.78, 5) is 15.0. The van der Waals surface area contributed by atoms with E-state index in [-0.39, 0.29) is 12.1 Å². The van der Waals surface area contributed by atoms with E-state index < -0.39 is 10.8 Å². The average molecular weight is 462 g/mol. The Morgan fingerprint density at radius 2 is 2.10 bits per heavy atom. The number of hydrogen-bond donors (Lipinski definition) is 2. The third-order valence-electron chi connectivity index (χ3n) is 6.60. The van der Waals surface area contributed by atoms with Gasteiger partial charge >= 0.3 is 0 Å². The van der Waals surface area contributed by atoms with E-state index in [9.17, 15) is 9.32 Å². The summed E-state index contributed by atoms with van der Waals surface area (Å²) in [5, 5.41) is 13.9. The molecule has 1 aliphatic carbocycles. The average Bonchev–Trinajstić information content (AvgIpc) is 3.19. The molecule has 2 atom stereocenters. The number of nitrogens with one attached hydrogen (secondary N) is 1. The molecule has 0 radical (unpaired) electrons. The third-order valence-corrected chi connectivity index (χ3v) is 8.31. The van der Waals surface area contributed by atoms with Crippen molar-refractivity contribution >= 4 is 39.9 Å². The van der Waals surface area contributed by atoms with Crippen LogP contribution < -0.4 is 15.1 Å². The maximum Gasteiger partial charge on any atom is 0.227 e. The van der Waals surface area contributed by atoms with Gasteiger partial charge < -0.3 is 20.2 Å². The lowest BCUT2D eigenvalue weighted by atomic mass is 10.2. The van der Waals surface area contributed by atoms with Crippen molar-refractivity contribution in [3.05, 3.63) is 35.0 Å². The van der Waals surface area contributed by atoms with E-state index in [2.05, 4.69) is 34.2 Å². The lowest BCUT2D eigenvalue weighted by Crippen LogP contribution is -2.38. The first kappa shape index (κ1) is 21.0. The maximum absolute atomic E-state index is 12.6. The Bertz CT molecular complexity index is 998. The molecule has 3 heterocycles. The van der Waals surface area contributed by atoms with Gasteiger partial charge in [0.05, 0.1) is 28.6 Å². The number of nitrogens with zero attached hydrogens (tertiary/aromatic N) is 4. The summed E-state index contributed by atoms with van der Waals surface area (Å²) >= 11 is 6.07. The number of aromatic nitrogens is 2. The molecule has 0 spiro atoms. The molecule has 1 aromatic heterocycles. The molecule has 166 valence electrons. The van der Waals surface area contributed by atoms with E-state index in [1.54, 1.807) is 0 Å². The second-order valence-electron chi connectivity index (χ2n) is 8.66. The number of halogens is 1. The first-order chi connectivity index (χ1) is 15.0. The quantitative estimate of drug-likeness (QED) is 0.656. The van der Waals surface area contributed by atoms with Crippen LogP contribution in [-0.4, -0.2) is 62.9 Å². The van der Waals surface area contributed by atoms with Crippen LogP contribution in [0.5, 0.6) is 0 Å². The highest BCUT2D eigenvalue weighted by atomic mass is 35.5. The van der Waals surface area contributed by atoms with Gasteiger partial charge in [-0.05, 0) is 50.5 Å². The molecule has 2 aliphatic heterocycles. The fourth-order valence-corrected chi connectivity index (χ4v) is 6.03. The number of aliphatic hydroxyl groups excluding tert-OH is 1. The molecule has 2 aromatic rings. The van der Waals surface area contributed by atoms with Gasteiger partial charge in [-0.2, -0.15) is 4.98 Å². The maximum atomic E-state index is 12.6. The second kappa shape index (κ2) is 8.22. The number of rotatable bonds is 7. The molecule has 3 aliphatic rings. The van der Waals surface area contributed by atoms with Gasteiger partial charge in [0.2, 0.25) is 5.95 Å². The molecule has 31 heavy (non-hydrogen) atoms. The highest BCUT2D eigenvalue weighted by molar-refractivity contribution is 7.85. The summed E-state index contributed by atoms with van der Waals surface area (Å²) in [6, 6.07) is 8.37. The predicted molar refractivity (Wildman–Crippen MR) is 125 cm³/mol. The minimum absolute atomic E-state index is 0.0616. The molecular weight excluding hydrogens is 434 g/mol. The summed E-state index contributed by atoms with van der Waals surface area (Å²) in [5.41, 5.74) is 1.74. The van der Waals surface area contributed by atoms with Crippen LogP contribution in [0.1, 0.15) is 31.9 Å². The Labute approximate surface area is 190 Å². The molecule has 2 fully saturated rings. The van der Waals surface area contributed by atoms with Crippen molar-refractivity contribution < 1.29 is 9.32 Å². The number of fused-ring (bicyclic) bond motifs is 1. The van der Waals surface area contributed by atoms with Crippen LogP contribution in [0.15, 0.2) is 29.2 Å². The Morgan fingerprint density at radius 3 is 2.77 bits per heavy atom. The van der Waals surface area contributed by atoms with E-state index in [4.69, 9.17) is 21.6 Å². The molecule has 1 saturated heterocycles. The molecular formula is C22H28ClN5O2S. The summed E-state index contributed by atoms with van der Waals surface area (Å²) in [7, 11) is -1.08. The Balaban J connectivity index is 1.39. The summed E-state index contributed by atoms with van der Waals surface area (Å²) in [6.07, 6.45) is 3.54. The van der Waals surface area contributed by atoms with Crippen molar-refractivity contribution in [3.63, 3.8) is 0 Å². The smallest absolute Gasteiger partial charge is 0.227 e. The lowest BCUT2D eigenvalue weighted by molar-refractivity contribution is 0.265. The van der Waals surface area contributed by atoms with Crippen molar-refractivity contribution in [3.8, 4) is 0 Å². The van der Waals surface area contributed by atoms with Gasteiger partial charge in [-0.25, -0.2) is 4.98 Å². The number of likely N-dealkylation sites (N-methyl/N-ethyl adjacent to an activating group) is 1. The van der Waals surface area contributed by atoms with Gasteiger partial charge in [-0.15, -0.1) is 0 Å². The topological polar surface area (TPSA) is 81.6 Å². The zero-order chi connectivity index (χ0) is 21.6. The fraction of sp³-hybridized carbons (Fsp3) is 0.545. The van der Waals surface area contributed by atoms with Crippen LogP contribution in [0.2, 0.25) is 5.02 Å². The highest BCUT2D eigenvalue weighted by Gasteiger charge is 2.44. The fourth-order valence-electron chi connectivity index (χ4n) is 4.60. The van der Waals surface area contributed by atoms with E-state index in [1.165, 1.54) is 5.69 Å². The second-order valence-corrected chi connectivity index (χ2v) is 10.6. The van der Waals surface area contributed by atoms with Gasteiger partial charge in [0, 0.05) is 48.6 Å². The Morgan fingerprint density at radius 1 is 1.32 bits per heavy atom. The summed E-state index contributed by atoms with van der Waals surface area (Å²) in [5.74, 6) is 1.94. The van der Waals surface area contributed by atoms with Gasteiger partial charge in [-0.3, -0.25) is 4.21 Å². The van der Waals surface area contributed by atoms with Crippen LogP contribution in [0.25, 0.3) is 0 Å². The van der Waals surface area contributed by atoms with Crippen molar-refractivity contribution in [1.29, 1.82) is 0 Å². The van der Waals surface area contributed by atoms with E-state index in [1.807, 2.05) is 12.1 Å². The van der Waals surface area contributed by atoms with Crippen molar-refractivity contribution in [2.45, 2.75) is 49.1 Å². The minimum Gasteiger partial charge on any atom is -0.394 e. The lowest BCUT2D eigenvalue weighted by Gasteiger charge is -2.30. The van der Waals surface area contributed by atoms with Crippen LogP contribution in [0.4, 0.5) is 17.5 Å². The molecule has 0 amide bonds. The molecule has 0 bridgehead atoms. The third kappa shape index (κ3) is 4.01. The molecule has 2 N–H and O–H groups in total. The zero-order valence-corrected chi connectivity index (χ0v) is 19.3. The van der Waals surface area contributed by atoms with Gasteiger partial charge in [0.25, 0.3) is 0 Å². The number of hydrogen-bond acceptors (Lipinski definition) is 7. The number of aryl methyl sites for hydroxylation is 1. The van der Waals surface area contributed by atoms with E-state index in [0.29, 0.717) is 30.0 Å². The zero-order valence-electron chi connectivity index (χ0n) is 17.7. The van der Waals surface area contributed by atoms with Crippen LogP contribution >= 0.6 is 11.6 Å². The number of benzene rings is 1. The van der Waals surface area contributed by atoms with Crippen LogP contribution in [0, 0.1) is 0 Å². The van der Waals surface area contributed by atoms with E-state index >= 15 is 0 Å². The minimum atomic E-state index is -1.08. The summed E-state index contributed by atoms with van der Waals surface area (Å²) in [6.45, 7) is 4.86. The Hall–Kier alpha value is -1.90. The van der Waals surface area contributed by atoms with Gasteiger partial charge in [0.15, 0.2) is 0 Å². The summed E-state index contributed by atoms with van der Waals surface area (Å²) < 4.78 is 12.6. The van der Waals surface area contributed by atoms with Gasteiger partial charge in [-0.1, -0.05) is 11.6 Å². The molecule has 2 unspecified atom stereocenters. The standard InChI is InChI=1S/C22H28ClN5O2S/c1-2-28(16-5-3-15(23)4-6-16)17-7-11-27(13-17)21-24-18-8-12-31(30)19(18)20(25-21)26-22(14-29)9-10-22/h3-6,17,29H,2,7-14H2,1H3,(H,24,25,26). The number of anilines is 3. The Kier molecular flexibility index (Phi) is 5.56. The molecule has 9 heteroatoms. The van der Waals surface area contributed by atoms with E-state index in [0.717, 1.165) is 54.5 Å². The van der Waals surface area contributed by atoms with Crippen LogP contribution in [0.3, 0.4) is 0 Å². The SMILES string of the molecule is CCN(c1ccc(Cl)cc1)C1CCN(c2nc3c(c(NC4(CO)CC4)n2)S(=O)CC3)C1.